The Bertz CT molecular complexity index is 576. The lowest BCUT2D eigenvalue weighted by atomic mass is 10.2. The summed E-state index contributed by atoms with van der Waals surface area (Å²) in [6.07, 6.45) is 0.934. The molecular formula is C14H20N4O. The number of nitrogens with zero attached hydrogens (tertiary/aromatic N) is 3. The predicted molar refractivity (Wildman–Crippen MR) is 76.2 cm³/mol. The Morgan fingerprint density at radius 3 is 2.89 bits per heavy atom. The summed E-state index contributed by atoms with van der Waals surface area (Å²) in [6, 6.07) is 7.80. The van der Waals surface area contributed by atoms with Gasteiger partial charge in [0.2, 0.25) is 0 Å². The third-order valence-corrected chi connectivity index (χ3v) is 3.23. The zero-order valence-electron chi connectivity index (χ0n) is 11.7. The van der Waals surface area contributed by atoms with Crippen molar-refractivity contribution in [1.29, 1.82) is 0 Å². The van der Waals surface area contributed by atoms with E-state index in [-0.39, 0.29) is 5.91 Å². The van der Waals surface area contributed by atoms with Gasteiger partial charge in [0, 0.05) is 26.0 Å². The second-order valence-electron chi connectivity index (χ2n) is 4.67. The highest BCUT2D eigenvalue weighted by molar-refractivity contribution is 6.04. The van der Waals surface area contributed by atoms with E-state index in [1.54, 1.807) is 9.58 Å². The summed E-state index contributed by atoms with van der Waals surface area (Å²) in [5.41, 5.74) is 1.51. The van der Waals surface area contributed by atoms with Crippen LogP contribution in [0.1, 0.15) is 16.9 Å². The van der Waals surface area contributed by atoms with Crippen LogP contribution in [0, 0.1) is 0 Å². The number of aromatic nitrogens is 2. The summed E-state index contributed by atoms with van der Waals surface area (Å²) < 4.78 is 1.75. The van der Waals surface area contributed by atoms with Crippen LogP contribution in [0.3, 0.4) is 0 Å². The predicted octanol–water partition coefficient (Wildman–Crippen LogP) is 1.25. The van der Waals surface area contributed by atoms with Crippen LogP contribution in [0.2, 0.25) is 0 Å². The molecule has 0 spiro atoms. The minimum atomic E-state index is -0.0205. The molecular weight excluding hydrogens is 240 g/mol. The van der Waals surface area contributed by atoms with Crippen molar-refractivity contribution < 1.29 is 4.79 Å². The Morgan fingerprint density at radius 1 is 1.42 bits per heavy atom. The van der Waals surface area contributed by atoms with Crippen LogP contribution in [-0.4, -0.2) is 47.8 Å². The van der Waals surface area contributed by atoms with Gasteiger partial charge in [0.1, 0.15) is 0 Å². The average molecular weight is 260 g/mol. The molecule has 5 nitrogen and oxygen atoms in total. The molecule has 19 heavy (non-hydrogen) atoms. The van der Waals surface area contributed by atoms with Crippen molar-refractivity contribution in [2.45, 2.75) is 6.42 Å². The number of rotatable bonds is 5. The van der Waals surface area contributed by atoms with Crippen molar-refractivity contribution in [3.8, 4) is 0 Å². The van der Waals surface area contributed by atoms with Gasteiger partial charge in [-0.25, -0.2) is 0 Å². The molecule has 5 heteroatoms. The van der Waals surface area contributed by atoms with E-state index in [4.69, 9.17) is 0 Å². The zero-order valence-corrected chi connectivity index (χ0v) is 11.7. The molecule has 0 saturated carbocycles. The Labute approximate surface area is 113 Å². The highest BCUT2D eigenvalue weighted by atomic mass is 16.2. The molecule has 1 amide bonds. The Hall–Kier alpha value is -1.88. The maximum atomic E-state index is 12.4. The molecule has 0 aliphatic rings. The second kappa shape index (κ2) is 5.84. The van der Waals surface area contributed by atoms with Gasteiger partial charge in [-0.1, -0.05) is 18.2 Å². The van der Waals surface area contributed by atoms with Crippen LogP contribution >= 0.6 is 0 Å². The van der Waals surface area contributed by atoms with Gasteiger partial charge < -0.3 is 10.2 Å². The lowest BCUT2D eigenvalue weighted by molar-refractivity contribution is 0.0789. The topological polar surface area (TPSA) is 50.2 Å². The van der Waals surface area contributed by atoms with E-state index in [1.807, 2.05) is 45.4 Å². The van der Waals surface area contributed by atoms with Crippen molar-refractivity contribution >= 4 is 16.8 Å². The number of carbonyl (C=O) groups excluding carboxylic acids is 1. The molecule has 102 valence electrons. The van der Waals surface area contributed by atoms with Gasteiger partial charge in [-0.05, 0) is 26.1 Å². The first kappa shape index (κ1) is 13.5. The number of amides is 1. The SMILES string of the molecule is CNCCCN(C)C(=O)c1nn(C)c2ccccc12. The van der Waals surface area contributed by atoms with Crippen molar-refractivity contribution in [2.24, 2.45) is 7.05 Å². The fourth-order valence-corrected chi connectivity index (χ4v) is 2.15. The Balaban J connectivity index is 2.21. The lowest BCUT2D eigenvalue weighted by Gasteiger charge is -2.15. The first-order valence-electron chi connectivity index (χ1n) is 6.47. The van der Waals surface area contributed by atoms with E-state index in [0.717, 1.165) is 30.4 Å². The first-order valence-corrected chi connectivity index (χ1v) is 6.47. The fourth-order valence-electron chi connectivity index (χ4n) is 2.15. The molecule has 0 bridgehead atoms. The fraction of sp³-hybridized carbons (Fsp3) is 0.429. The summed E-state index contributed by atoms with van der Waals surface area (Å²) in [4.78, 5) is 14.1. The lowest BCUT2D eigenvalue weighted by Crippen LogP contribution is -2.29. The summed E-state index contributed by atoms with van der Waals surface area (Å²) >= 11 is 0. The molecule has 1 N–H and O–H groups in total. The van der Waals surface area contributed by atoms with Crippen LogP contribution < -0.4 is 5.32 Å². The van der Waals surface area contributed by atoms with E-state index < -0.39 is 0 Å². The number of benzene rings is 1. The largest absolute Gasteiger partial charge is 0.340 e. The summed E-state index contributed by atoms with van der Waals surface area (Å²) in [7, 11) is 5.59. The number of hydrogen-bond donors (Lipinski definition) is 1. The van der Waals surface area contributed by atoms with Gasteiger partial charge in [0.05, 0.1) is 5.52 Å². The number of para-hydroxylation sites is 1. The van der Waals surface area contributed by atoms with Crippen LogP contribution in [0.5, 0.6) is 0 Å². The Kier molecular flexibility index (Phi) is 4.16. The van der Waals surface area contributed by atoms with Crippen molar-refractivity contribution in [2.75, 3.05) is 27.2 Å². The highest BCUT2D eigenvalue weighted by Crippen LogP contribution is 2.18. The van der Waals surface area contributed by atoms with Gasteiger partial charge in [-0.15, -0.1) is 0 Å². The normalized spacial score (nSPS) is 10.9. The molecule has 0 radical (unpaired) electrons. The van der Waals surface area contributed by atoms with Crippen LogP contribution in [0.4, 0.5) is 0 Å². The molecule has 2 rings (SSSR count). The van der Waals surface area contributed by atoms with Gasteiger partial charge in [-0.2, -0.15) is 5.10 Å². The first-order chi connectivity index (χ1) is 9.15. The van der Waals surface area contributed by atoms with Gasteiger partial charge >= 0.3 is 0 Å². The molecule has 0 fully saturated rings. The molecule has 1 aromatic heterocycles. The standard InChI is InChI=1S/C14H20N4O/c1-15-9-6-10-17(2)14(19)13-11-7-4-5-8-12(11)18(3)16-13/h4-5,7-8,15H,6,9-10H2,1-3H3. The molecule has 0 aliphatic heterocycles. The highest BCUT2D eigenvalue weighted by Gasteiger charge is 2.18. The molecule has 1 heterocycles. The maximum Gasteiger partial charge on any atom is 0.274 e. The number of aryl methyl sites for hydroxylation is 1. The molecule has 0 unspecified atom stereocenters. The van der Waals surface area contributed by atoms with Crippen molar-refractivity contribution in [3.63, 3.8) is 0 Å². The molecule has 1 aromatic carbocycles. The van der Waals surface area contributed by atoms with Crippen LogP contribution in [-0.2, 0) is 7.05 Å². The van der Waals surface area contributed by atoms with Crippen molar-refractivity contribution in [3.05, 3.63) is 30.0 Å². The number of nitrogens with one attached hydrogen (secondary N) is 1. The van der Waals surface area contributed by atoms with Gasteiger partial charge in [0.25, 0.3) is 5.91 Å². The second-order valence-corrected chi connectivity index (χ2v) is 4.67. The Morgan fingerprint density at radius 2 is 2.16 bits per heavy atom. The van der Waals surface area contributed by atoms with E-state index in [2.05, 4.69) is 10.4 Å². The third kappa shape index (κ3) is 2.76. The summed E-state index contributed by atoms with van der Waals surface area (Å²) in [5.74, 6) is -0.0205. The quantitative estimate of drug-likeness (QED) is 0.823. The molecule has 2 aromatic rings. The third-order valence-electron chi connectivity index (χ3n) is 3.23. The number of hydrogen-bond acceptors (Lipinski definition) is 3. The molecule has 0 aliphatic carbocycles. The minimum absolute atomic E-state index is 0.0205. The molecule has 0 atom stereocenters. The smallest absolute Gasteiger partial charge is 0.274 e. The van der Waals surface area contributed by atoms with Gasteiger partial charge in [-0.3, -0.25) is 9.48 Å². The number of fused-ring (bicyclic) bond motifs is 1. The minimum Gasteiger partial charge on any atom is -0.340 e. The van der Waals surface area contributed by atoms with Crippen molar-refractivity contribution in [1.82, 2.24) is 20.0 Å². The average Bonchev–Trinajstić information content (AvgIpc) is 2.76. The summed E-state index contributed by atoms with van der Waals surface area (Å²) in [6.45, 7) is 1.63. The van der Waals surface area contributed by atoms with Crippen LogP contribution in [0.25, 0.3) is 10.9 Å². The van der Waals surface area contributed by atoms with Crippen LogP contribution in [0.15, 0.2) is 24.3 Å². The van der Waals surface area contributed by atoms with E-state index in [9.17, 15) is 4.79 Å². The maximum absolute atomic E-state index is 12.4. The summed E-state index contributed by atoms with van der Waals surface area (Å²) in [5, 5.41) is 8.34. The zero-order chi connectivity index (χ0) is 13.8. The van der Waals surface area contributed by atoms with E-state index >= 15 is 0 Å². The molecule has 0 saturated heterocycles. The monoisotopic (exact) mass is 260 g/mol. The number of carbonyl (C=O) groups is 1. The van der Waals surface area contributed by atoms with Gasteiger partial charge in [0.15, 0.2) is 5.69 Å². The van der Waals surface area contributed by atoms with E-state index in [0.29, 0.717) is 5.69 Å². The van der Waals surface area contributed by atoms with E-state index in [1.165, 1.54) is 0 Å².